The SMILES string of the molecule is CC1(O)CN([C@@H]2CC[C@H](n3cc(C(N)=O)c(Nc4ccc(C(F)(F)F)cc4)n3)[C@@H](CN)C2)C1. The molecule has 4 rings (SSSR count). The highest BCUT2D eigenvalue weighted by Crippen LogP contribution is 2.39. The van der Waals surface area contributed by atoms with Gasteiger partial charge in [0.15, 0.2) is 5.82 Å². The molecule has 1 aliphatic heterocycles. The normalized spacial score (nSPS) is 25.5. The zero-order chi connectivity index (χ0) is 24.0. The molecule has 1 saturated heterocycles. The van der Waals surface area contributed by atoms with Crippen LogP contribution in [0.25, 0.3) is 0 Å². The number of β-amino-alcohol motifs (C(OH)–C–C–N with tert-alkyl or cyclic N) is 1. The molecular weight excluding hydrogens is 437 g/mol. The van der Waals surface area contributed by atoms with Crippen molar-refractivity contribution in [2.45, 2.75) is 50.0 Å². The minimum Gasteiger partial charge on any atom is -0.388 e. The van der Waals surface area contributed by atoms with Gasteiger partial charge < -0.3 is 21.9 Å². The van der Waals surface area contributed by atoms with Gasteiger partial charge in [0.05, 0.1) is 17.2 Å². The number of alkyl halides is 3. The Morgan fingerprint density at radius 1 is 1.27 bits per heavy atom. The van der Waals surface area contributed by atoms with Crippen molar-refractivity contribution in [2.24, 2.45) is 17.4 Å². The van der Waals surface area contributed by atoms with Crippen LogP contribution in [-0.2, 0) is 6.18 Å². The molecule has 1 aliphatic carbocycles. The summed E-state index contributed by atoms with van der Waals surface area (Å²) < 4.78 is 40.1. The van der Waals surface area contributed by atoms with Crippen LogP contribution in [0.2, 0.25) is 0 Å². The van der Waals surface area contributed by atoms with Gasteiger partial charge >= 0.3 is 6.18 Å². The molecule has 2 heterocycles. The summed E-state index contributed by atoms with van der Waals surface area (Å²) in [6.07, 6.45) is -0.294. The van der Waals surface area contributed by atoms with Crippen LogP contribution in [0.4, 0.5) is 24.7 Å². The highest BCUT2D eigenvalue weighted by atomic mass is 19.4. The van der Waals surface area contributed by atoms with Crippen LogP contribution in [0.5, 0.6) is 0 Å². The maximum Gasteiger partial charge on any atom is 0.416 e. The molecule has 2 aliphatic rings. The van der Waals surface area contributed by atoms with E-state index in [1.807, 2.05) is 6.92 Å². The van der Waals surface area contributed by atoms with E-state index in [4.69, 9.17) is 11.5 Å². The quantitative estimate of drug-likeness (QED) is 0.519. The van der Waals surface area contributed by atoms with Crippen molar-refractivity contribution in [3.05, 3.63) is 41.6 Å². The maximum atomic E-state index is 12.8. The Morgan fingerprint density at radius 3 is 2.48 bits per heavy atom. The molecule has 1 aromatic heterocycles. The number of nitrogens with zero attached hydrogens (tertiary/aromatic N) is 3. The minimum absolute atomic E-state index is 0.0331. The molecule has 0 bridgehead atoms. The zero-order valence-corrected chi connectivity index (χ0v) is 18.3. The Balaban J connectivity index is 1.51. The molecule has 3 atom stereocenters. The topological polar surface area (TPSA) is 122 Å². The molecule has 0 unspecified atom stereocenters. The Hall–Kier alpha value is -2.63. The Morgan fingerprint density at radius 2 is 1.94 bits per heavy atom. The molecule has 2 aromatic rings. The third-order valence-corrected chi connectivity index (χ3v) is 6.63. The number of nitrogens with one attached hydrogen (secondary N) is 1. The largest absolute Gasteiger partial charge is 0.416 e. The smallest absolute Gasteiger partial charge is 0.388 e. The van der Waals surface area contributed by atoms with Crippen molar-refractivity contribution in [1.29, 1.82) is 0 Å². The number of hydrogen-bond acceptors (Lipinski definition) is 6. The van der Waals surface area contributed by atoms with E-state index in [1.54, 1.807) is 10.9 Å². The summed E-state index contributed by atoms with van der Waals surface area (Å²) in [5.74, 6) is -0.371. The van der Waals surface area contributed by atoms with E-state index in [2.05, 4.69) is 15.3 Å². The molecule has 1 saturated carbocycles. The van der Waals surface area contributed by atoms with Gasteiger partial charge in [-0.3, -0.25) is 14.4 Å². The van der Waals surface area contributed by atoms with Crippen molar-refractivity contribution >= 4 is 17.4 Å². The summed E-state index contributed by atoms with van der Waals surface area (Å²) >= 11 is 0. The molecular formula is C22H29F3N6O2. The Bertz CT molecular complexity index is 997. The van der Waals surface area contributed by atoms with Crippen molar-refractivity contribution in [2.75, 3.05) is 25.0 Å². The number of carbonyl (C=O) groups is 1. The number of amides is 1. The highest BCUT2D eigenvalue weighted by molar-refractivity contribution is 5.98. The average molecular weight is 467 g/mol. The van der Waals surface area contributed by atoms with E-state index in [9.17, 15) is 23.1 Å². The van der Waals surface area contributed by atoms with E-state index in [0.29, 0.717) is 31.4 Å². The van der Waals surface area contributed by atoms with Crippen LogP contribution in [0, 0.1) is 5.92 Å². The van der Waals surface area contributed by atoms with Gasteiger partial charge in [0.25, 0.3) is 5.91 Å². The molecule has 0 spiro atoms. The second-order valence-electron chi connectivity index (χ2n) is 9.37. The summed E-state index contributed by atoms with van der Waals surface area (Å²) in [5, 5.41) is 17.5. The lowest BCUT2D eigenvalue weighted by Gasteiger charge is -2.51. The number of anilines is 2. The van der Waals surface area contributed by atoms with Crippen LogP contribution in [0.3, 0.4) is 0 Å². The molecule has 1 amide bonds. The van der Waals surface area contributed by atoms with Gasteiger partial charge in [-0.05, 0) is 62.9 Å². The molecule has 6 N–H and O–H groups in total. The number of carbonyl (C=O) groups excluding carboxylic acids is 1. The third-order valence-electron chi connectivity index (χ3n) is 6.63. The van der Waals surface area contributed by atoms with Gasteiger partial charge in [-0.25, -0.2) is 0 Å². The van der Waals surface area contributed by atoms with Crippen molar-refractivity contribution in [1.82, 2.24) is 14.7 Å². The van der Waals surface area contributed by atoms with Crippen LogP contribution in [0.15, 0.2) is 30.5 Å². The number of hydrogen-bond donors (Lipinski definition) is 4. The summed E-state index contributed by atoms with van der Waals surface area (Å²) in [6.45, 7) is 3.57. The second-order valence-corrected chi connectivity index (χ2v) is 9.37. The van der Waals surface area contributed by atoms with Crippen molar-refractivity contribution in [3.8, 4) is 0 Å². The second kappa shape index (κ2) is 8.62. The molecule has 11 heteroatoms. The first-order valence-electron chi connectivity index (χ1n) is 11.0. The molecule has 33 heavy (non-hydrogen) atoms. The average Bonchev–Trinajstić information content (AvgIpc) is 3.15. The summed E-state index contributed by atoms with van der Waals surface area (Å²) in [4.78, 5) is 14.3. The van der Waals surface area contributed by atoms with Crippen LogP contribution < -0.4 is 16.8 Å². The maximum absolute atomic E-state index is 12.8. The molecule has 2 fully saturated rings. The Kier molecular flexibility index (Phi) is 6.14. The van der Waals surface area contributed by atoms with Gasteiger partial charge in [0.2, 0.25) is 0 Å². The van der Waals surface area contributed by atoms with Gasteiger partial charge in [-0.15, -0.1) is 0 Å². The van der Waals surface area contributed by atoms with E-state index in [0.717, 1.165) is 31.4 Å². The van der Waals surface area contributed by atoms with Gasteiger partial charge in [0.1, 0.15) is 5.56 Å². The standard InChI is InChI=1S/C22H29F3N6O2/c1-21(33)11-30(12-21)16-6-7-18(13(8-16)9-26)31-10-17(19(27)32)20(29-31)28-15-4-2-14(3-5-15)22(23,24)25/h2-5,10,13,16,18,33H,6-9,11-12,26H2,1H3,(H2,27,32)(H,28,29)/t13-,16-,18+/m1/s1. The summed E-state index contributed by atoms with van der Waals surface area (Å²) in [7, 11) is 0. The van der Waals surface area contributed by atoms with Crippen molar-refractivity contribution in [3.63, 3.8) is 0 Å². The predicted molar refractivity (Wildman–Crippen MR) is 117 cm³/mol. The number of aliphatic hydroxyl groups is 1. The Labute approximate surface area is 189 Å². The zero-order valence-electron chi connectivity index (χ0n) is 18.3. The van der Waals surface area contributed by atoms with E-state index >= 15 is 0 Å². The van der Waals surface area contributed by atoms with Crippen LogP contribution >= 0.6 is 0 Å². The fraction of sp³-hybridized carbons (Fsp3) is 0.545. The fourth-order valence-corrected chi connectivity index (χ4v) is 4.96. The van der Waals surface area contributed by atoms with Crippen LogP contribution in [0.1, 0.15) is 48.1 Å². The van der Waals surface area contributed by atoms with Gasteiger partial charge in [0, 0.05) is 31.0 Å². The number of primary amides is 1. The van der Waals surface area contributed by atoms with E-state index in [-0.39, 0.29) is 23.3 Å². The summed E-state index contributed by atoms with van der Waals surface area (Å²) in [5.41, 5.74) is 10.7. The summed E-state index contributed by atoms with van der Waals surface area (Å²) in [6, 6.07) is 4.79. The molecule has 0 radical (unpaired) electrons. The minimum atomic E-state index is -4.43. The number of likely N-dealkylation sites (tertiary alicyclic amines) is 1. The third kappa shape index (κ3) is 4.99. The van der Waals surface area contributed by atoms with Gasteiger partial charge in [-0.1, -0.05) is 0 Å². The van der Waals surface area contributed by atoms with Crippen molar-refractivity contribution < 1.29 is 23.1 Å². The highest BCUT2D eigenvalue weighted by Gasteiger charge is 2.43. The predicted octanol–water partition coefficient (Wildman–Crippen LogP) is 2.48. The lowest BCUT2D eigenvalue weighted by atomic mass is 9.79. The van der Waals surface area contributed by atoms with Gasteiger partial charge in [-0.2, -0.15) is 18.3 Å². The molecule has 1 aromatic carbocycles. The number of nitrogens with two attached hydrogens (primary N) is 2. The first kappa shape index (κ1) is 23.5. The number of benzene rings is 1. The first-order chi connectivity index (χ1) is 15.5. The monoisotopic (exact) mass is 466 g/mol. The molecule has 8 nitrogen and oxygen atoms in total. The lowest BCUT2D eigenvalue weighted by Crippen LogP contribution is -2.64. The van der Waals surface area contributed by atoms with Crippen LogP contribution in [-0.4, -0.2) is 57.0 Å². The number of rotatable bonds is 6. The molecule has 180 valence electrons. The fourth-order valence-electron chi connectivity index (χ4n) is 4.96. The first-order valence-corrected chi connectivity index (χ1v) is 11.0. The lowest BCUT2D eigenvalue weighted by molar-refractivity contribution is -0.137. The number of halogens is 3. The number of aromatic nitrogens is 2. The van der Waals surface area contributed by atoms with E-state index < -0.39 is 23.2 Å². The van der Waals surface area contributed by atoms with E-state index in [1.165, 1.54) is 12.1 Å².